The van der Waals surface area contributed by atoms with Gasteiger partial charge in [-0.05, 0) is 50.7 Å². The van der Waals surface area contributed by atoms with Crippen LogP contribution in [-0.4, -0.2) is 16.0 Å². The van der Waals surface area contributed by atoms with Crippen LogP contribution in [0.2, 0.25) is 0 Å². The lowest BCUT2D eigenvalue weighted by Crippen LogP contribution is -2.16. The van der Waals surface area contributed by atoms with E-state index in [1.165, 1.54) is 23.3 Å². The topological polar surface area (TPSA) is 68.0 Å². The summed E-state index contributed by atoms with van der Waals surface area (Å²) in [6.07, 6.45) is 4.55. The fraction of sp³-hybridized carbons (Fsp3) is 0.261. The number of fused-ring (bicyclic) bond motifs is 3. The van der Waals surface area contributed by atoms with Crippen molar-refractivity contribution in [1.29, 1.82) is 0 Å². The summed E-state index contributed by atoms with van der Waals surface area (Å²) >= 11 is 1.78. The highest BCUT2D eigenvalue weighted by molar-refractivity contribution is 7.19. The van der Waals surface area contributed by atoms with E-state index in [0.29, 0.717) is 17.1 Å². The van der Waals surface area contributed by atoms with Gasteiger partial charge in [0.05, 0.1) is 11.3 Å². The van der Waals surface area contributed by atoms with Gasteiger partial charge in [0.15, 0.2) is 5.82 Å². The summed E-state index contributed by atoms with van der Waals surface area (Å²) in [6, 6.07) is 11.9. The molecule has 5 nitrogen and oxygen atoms in total. The molecular weight excluding hydrogens is 418 g/mol. The molecule has 1 aromatic carbocycles. The van der Waals surface area contributed by atoms with Gasteiger partial charge in [0.25, 0.3) is 5.91 Å². The van der Waals surface area contributed by atoms with Gasteiger partial charge in [-0.3, -0.25) is 4.79 Å². The van der Waals surface area contributed by atoms with Gasteiger partial charge in [-0.25, -0.2) is 4.98 Å². The van der Waals surface area contributed by atoms with Gasteiger partial charge in [0, 0.05) is 21.9 Å². The van der Waals surface area contributed by atoms with E-state index in [1.807, 2.05) is 25.1 Å². The molecule has 0 spiro atoms. The average molecular weight is 440 g/mol. The van der Waals surface area contributed by atoms with Crippen molar-refractivity contribution < 1.29 is 9.32 Å². The van der Waals surface area contributed by atoms with Crippen LogP contribution < -0.4 is 5.32 Å². The second kappa shape index (κ2) is 8.20. The van der Waals surface area contributed by atoms with Gasteiger partial charge in [0.1, 0.15) is 10.6 Å². The Balaban J connectivity index is 0.00000218. The van der Waals surface area contributed by atoms with E-state index in [4.69, 9.17) is 9.51 Å². The van der Waals surface area contributed by atoms with Crippen LogP contribution in [-0.2, 0) is 12.8 Å². The minimum Gasteiger partial charge on any atom is -0.360 e. The molecule has 0 atom stereocenters. The number of pyridine rings is 1. The Labute approximate surface area is 184 Å². The van der Waals surface area contributed by atoms with Crippen molar-refractivity contribution in [1.82, 2.24) is 10.1 Å². The van der Waals surface area contributed by atoms with Crippen LogP contribution in [0, 0.1) is 13.8 Å². The molecule has 0 aliphatic heterocycles. The van der Waals surface area contributed by atoms with Gasteiger partial charge >= 0.3 is 0 Å². The first-order chi connectivity index (χ1) is 14.1. The lowest BCUT2D eigenvalue weighted by molar-refractivity contribution is 0.102. The Morgan fingerprint density at radius 2 is 1.90 bits per heavy atom. The quantitative estimate of drug-likeness (QED) is 0.417. The number of aryl methyl sites for hydroxylation is 4. The zero-order chi connectivity index (χ0) is 20.0. The molecule has 154 valence electrons. The van der Waals surface area contributed by atoms with E-state index < -0.39 is 0 Å². The summed E-state index contributed by atoms with van der Waals surface area (Å²) < 4.78 is 5.10. The van der Waals surface area contributed by atoms with E-state index in [-0.39, 0.29) is 18.3 Å². The van der Waals surface area contributed by atoms with Crippen molar-refractivity contribution in [3.63, 3.8) is 0 Å². The monoisotopic (exact) mass is 439 g/mol. The SMILES string of the molecule is Cc1cc(NC(=O)c2c(C)nc3sc4c(c3c2-c2ccccc2)CCCC4)no1.Cl. The molecule has 0 saturated carbocycles. The maximum atomic E-state index is 13.3. The zero-order valence-corrected chi connectivity index (χ0v) is 18.5. The number of carbonyl (C=O) groups excluding carboxylic acids is 1. The highest BCUT2D eigenvalue weighted by Crippen LogP contribution is 2.43. The molecule has 1 amide bonds. The van der Waals surface area contributed by atoms with Crippen molar-refractivity contribution in [2.75, 3.05) is 5.32 Å². The van der Waals surface area contributed by atoms with Gasteiger partial charge in [0.2, 0.25) is 0 Å². The zero-order valence-electron chi connectivity index (χ0n) is 16.8. The molecule has 0 radical (unpaired) electrons. The molecular formula is C23H22ClN3O2S. The second-order valence-corrected chi connectivity index (χ2v) is 8.56. The third-order valence-electron chi connectivity index (χ3n) is 5.44. The molecule has 0 fully saturated rings. The smallest absolute Gasteiger partial charge is 0.259 e. The molecule has 3 heterocycles. The van der Waals surface area contributed by atoms with Gasteiger partial charge in [-0.2, -0.15) is 0 Å². The number of hydrogen-bond acceptors (Lipinski definition) is 5. The minimum atomic E-state index is -0.209. The highest BCUT2D eigenvalue weighted by Gasteiger charge is 2.26. The lowest BCUT2D eigenvalue weighted by Gasteiger charge is -2.16. The number of carbonyl (C=O) groups is 1. The summed E-state index contributed by atoms with van der Waals surface area (Å²) in [7, 11) is 0. The first kappa shape index (κ1) is 20.6. The van der Waals surface area contributed by atoms with Gasteiger partial charge < -0.3 is 9.84 Å². The number of anilines is 1. The predicted molar refractivity (Wildman–Crippen MR) is 123 cm³/mol. The van der Waals surface area contributed by atoms with Crippen molar-refractivity contribution in [2.45, 2.75) is 39.5 Å². The van der Waals surface area contributed by atoms with Crippen LogP contribution in [0.4, 0.5) is 5.82 Å². The number of hydrogen-bond donors (Lipinski definition) is 1. The fourth-order valence-electron chi connectivity index (χ4n) is 4.18. The van der Waals surface area contributed by atoms with Crippen LogP contribution in [0.3, 0.4) is 0 Å². The Hall–Kier alpha value is -2.70. The van der Waals surface area contributed by atoms with Gasteiger partial charge in [-0.15, -0.1) is 23.7 Å². The van der Waals surface area contributed by atoms with E-state index >= 15 is 0 Å². The summed E-state index contributed by atoms with van der Waals surface area (Å²) in [5, 5.41) is 7.94. The summed E-state index contributed by atoms with van der Waals surface area (Å²) in [5.41, 5.74) is 4.72. The number of benzene rings is 1. The normalized spacial score (nSPS) is 13.0. The van der Waals surface area contributed by atoms with E-state index in [2.05, 4.69) is 22.6 Å². The van der Waals surface area contributed by atoms with E-state index in [0.717, 1.165) is 39.9 Å². The summed E-state index contributed by atoms with van der Waals surface area (Å²) in [4.78, 5) is 20.6. The van der Waals surface area contributed by atoms with Crippen molar-refractivity contribution in [3.8, 4) is 11.1 Å². The largest absolute Gasteiger partial charge is 0.360 e. The van der Waals surface area contributed by atoms with E-state index in [1.54, 1.807) is 24.3 Å². The molecule has 7 heteroatoms. The van der Waals surface area contributed by atoms with Crippen LogP contribution in [0.25, 0.3) is 21.3 Å². The first-order valence-corrected chi connectivity index (χ1v) is 10.7. The van der Waals surface area contributed by atoms with E-state index in [9.17, 15) is 4.79 Å². The third kappa shape index (κ3) is 3.50. The molecule has 3 aromatic heterocycles. The summed E-state index contributed by atoms with van der Waals surface area (Å²) in [6.45, 7) is 3.71. The van der Waals surface area contributed by atoms with Crippen molar-refractivity contribution in [2.24, 2.45) is 0 Å². The van der Waals surface area contributed by atoms with Gasteiger partial charge in [-0.1, -0.05) is 35.5 Å². The van der Waals surface area contributed by atoms with Crippen molar-refractivity contribution in [3.05, 3.63) is 63.9 Å². The number of thiophene rings is 1. The van der Waals surface area contributed by atoms with Crippen LogP contribution in [0.1, 0.15) is 45.1 Å². The maximum Gasteiger partial charge on any atom is 0.259 e. The minimum absolute atomic E-state index is 0. The molecule has 5 rings (SSSR count). The Bertz CT molecular complexity index is 1230. The molecule has 0 bridgehead atoms. The predicted octanol–water partition coefficient (Wildman–Crippen LogP) is 6.12. The second-order valence-electron chi connectivity index (χ2n) is 7.48. The molecule has 30 heavy (non-hydrogen) atoms. The number of aromatic nitrogens is 2. The molecule has 1 N–H and O–H groups in total. The third-order valence-corrected chi connectivity index (χ3v) is 6.63. The maximum absolute atomic E-state index is 13.3. The summed E-state index contributed by atoms with van der Waals surface area (Å²) in [5.74, 6) is 0.860. The Kier molecular flexibility index (Phi) is 5.62. The first-order valence-electron chi connectivity index (χ1n) is 9.87. The number of rotatable bonds is 3. The Morgan fingerprint density at radius 1 is 1.13 bits per heavy atom. The van der Waals surface area contributed by atoms with Crippen molar-refractivity contribution >= 4 is 45.7 Å². The molecule has 0 saturated heterocycles. The van der Waals surface area contributed by atoms with Crippen LogP contribution in [0.5, 0.6) is 0 Å². The van der Waals surface area contributed by atoms with Crippen LogP contribution >= 0.6 is 23.7 Å². The lowest BCUT2D eigenvalue weighted by atomic mass is 9.89. The standard InChI is InChI=1S/C23H21N3O2S.ClH/c1-13-12-18(26-28-13)25-22(27)19-14(2)24-23-21(16-10-6-7-11-17(16)29-23)20(19)15-8-4-3-5-9-15;/h3-5,8-9,12H,6-7,10-11H2,1-2H3,(H,25,26,27);1H. The number of nitrogens with zero attached hydrogens (tertiary/aromatic N) is 2. The number of nitrogens with one attached hydrogen (secondary N) is 1. The number of amides is 1. The highest BCUT2D eigenvalue weighted by atomic mass is 35.5. The number of halogens is 1. The molecule has 1 aliphatic rings. The van der Waals surface area contributed by atoms with Crippen LogP contribution in [0.15, 0.2) is 40.9 Å². The molecule has 0 unspecified atom stereocenters. The molecule has 1 aliphatic carbocycles. The Morgan fingerprint density at radius 3 is 2.63 bits per heavy atom. The molecule has 4 aromatic rings. The fourth-order valence-corrected chi connectivity index (χ4v) is 5.49. The average Bonchev–Trinajstić information content (AvgIpc) is 3.30.